The van der Waals surface area contributed by atoms with Gasteiger partial charge in [0.2, 0.25) is 0 Å². The zero-order valence-electron chi connectivity index (χ0n) is 11.9. The largest absolute Gasteiger partial charge is 0.313 e. The zero-order valence-corrected chi connectivity index (χ0v) is 11.9. The molecule has 1 aliphatic rings. The van der Waals surface area contributed by atoms with E-state index in [-0.39, 0.29) is 0 Å². The lowest BCUT2D eigenvalue weighted by molar-refractivity contribution is 0.396. The minimum absolute atomic E-state index is 0.744. The molecule has 0 spiro atoms. The average molecular weight is 259 g/mol. The summed E-state index contributed by atoms with van der Waals surface area (Å²) in [5.41, 5.74) is 2.56. The minimum Gasteiger partial charge on any atom is -0.313 e. The van der Waals surface area contributed by atoms with E-state index in [1.165, 1.54) is 44.1 Å². The van der Waals surface area contributed by atoms with Crippen LogP contribution in [0.1, 0.15) is 51.1 Å². The molecule has 1 aromatic heterocycles. The van der Waals surface area contributed by atoms with E-state index in [4.69, 9.17) is 0 Å². The molecule has 0 aromatic carbocycles. The molecule has 19 heavy (non-hydrogen) atoms. The van der Waals surface area contributed by atoms with Crippen LogP contribution in [-0.2, 0) is 0 Å². The number of nitrogens with one attached hydrogen (secondary N) is 1. The standard InChI is InChI=1S/C16H25N3/c1-2-9-17-12-15(14-6-4-3-5-7-14)11-16-8-10-18-13-19-16/h8,10-11,13-14,17H,2-7,9,12H2,1H3. The van der Waals surface area contributed by atoms with Crippen molar-refractivity contribution in [3.05, 3.63) is 29.9 Å². The lowest BCUT2D eigenvalue weighted by Gasteiger charge is -2.25. The van der Waals surface area contributed by atoms with Crippen LogP contribution in [0.2, 0.25) is 0 Å². The number of rotatable bonds is 6. The van der Waals surface area contributed by atoms with E-state index in [9.17, 15) is 0 Å². The Hall–Kier alpha value is -1.22. The Bertz CT molecular complexity index is 380. The summed E-state index contributed by atoms with van der Waals surface area (Å²) in [4.78, 5) is 8.31. The smallest absolute Gasteiger partial charge is 0.115 e. The normalized spacial score (nSPS) is 17.6. The van der Waals surface area contributed by atoms with Crippen LogP contribution in [0.5, 0.6) is 0 Å². The number of aromatic nitrogens is 2. The molecule has 0 bridgehead atoms. The molecule has 104 valence electrons. The van der Waals surface area contributed by atoms with Crippen molar-refractivity contribution in [1.82, 2.24) is 15.3 Å². The van der Waals surface area contributed by atoms with Crippen LogP contribution in [0.15, 0.2) is 24.2 Å². The number of hydrogen-bond donors (Lipinski definition) is 1. The Balaban J connectivity index is 2.06. The highest BCUT2D eigenvalue weighted by Crippen LogP contribution is 2.30. The van der Waals surface area contributed by atoms with Gasteiger partial charge in [-0.2, -0.15) is 0 Å². The predicted molar refractivity (Wildman–Crippen MR) is 79.7 cm³/mol. The van der Waals surface area contributed by atoms with Crippen LogP contribution in [0, 0.1) is 5.92 Å². The highest BCUT2D eigenvalue weighted by atomic mass is 14.9. The molecule has 1 N–H and O–H groups in total. The first-order valence-electron chi connectivity index (χ1n) is 7.57. The molecule has 3 heteroatoms. The molecule has 0 amide bonds. The highest BCUT2D eigenvalue weighted by Gasteiger charge is 2.17. The predicted octanol–water partition coefficient (Wildman–Crippen LogP) is 3.44. The third-order valence-electron chi connectivity index (χ3n) is 3.82. The second kappa shape index (κ2) is 8.05. The van der Waals surface area contributed by atoms with Gasteiger partial charge in [-0.25, -0.2) is 9.97 Å². The van der Waals surface area contributed by atoms with Gasteiger partial charge in [0.15, 0.2) is 0 Å². The minimum atomic E-state index is 0.744. The first kappa shape index (κ1) is 14.2. The molecule has 1 fully saturated rings. The summed E-state index contributed by atoms with van der Waals surface area (Å²) < 4.78 is 0. The fourth-order valence-electron chi connectivity index (χ4n) is 2.77. The molecule has 0 radical (unpaired) electrons. The van der Waals surface area contributed by atoms with Crippen LogP contribution in [0.25, 0.3) is 6.08 Å². The molecule has 0 atom stereocenters. The van der Waals surface area contributed by atoms with E-state index in [2.05, 4.69) is 28.3 Å². The van der Waals surface area contributed by atoms with E-state index in [0.29, 0.717) is 0 Å². The topological polar surface area (TPSA) is 37.8 Å². The van der Waals surface area contributed by atoms with Crippen molar-refractivity contribution < 1.29 is 0 Å². The Morgan fingerprint density at radius 2 is 2.21 bits per heavy atom. The second-order valence-corrected chi connectivity index (χ2v) is 5.37. The van der Waals surface area contributed by atoms with Crippen LogP contribution in [0.4, 0.5) is 0 Å². The third-order valence-corrected chi connectivity index (χ3v) is 3.82. The van der Waals surface area contributed by atoms with Gasteiger partial charge in [0.05, 0.1) is 5.69 Å². The molecule has 1 aromatic rings. The molecule has 1 heterocycles. The van der Waals surface area contributed by atoms with E-state index in [0.717, 1.165) is 24.7 Å². The van der Waals surface area contributed by atoms with Gasteiger partial charge in [0.25, 0.3) is 0 Å². The molecular formula is C16H25N3. The molecule has 3 nitrogen and oxygen atoms in total. The summed E-state index contributed by atoms with van der Waals surface area (Å²) in [6.45, 7) is 4.30. The van der Waals surface area contributed by atoms with Crippen molar-refractivity contribution in [2.45, 2.75) is 45.4 Å². The van der Waals surface area contributed by atoms with E-state index >= 15 is 0 Å². The fraction of sp³-hybridized carbons (Fsp3) is 0.625. The van der Waals surface area contributed by atoms with Crippen molar-refractivity contribution in [2.24, 2.45) is 5.92 Å². The van der Waals surface area contributed by atoms with Crippen molar-refractivity contribution in [3.8, 4) is 0 Å². The van der Waals surface area contributed by atoms with E-state index < -0.39 is 0 Å². The molecule has 2 rings (SSSR count). The maximum atomic E-state index is 4.33. The molecule has 1 aliphatic carbocycles. The summed E-state index contributed by atoms with van der Waals surface area (Å²) in [6, 6.07) is 1.99. The van der Waals surface area contributed by atoms with Gasteiger partial charge >= 0.3 is 0 Å². The van der Waals surface area contributed by atoms with Crippen molar-refractivity contribution in [1.29, 1.82) is 0 Å². The fourth-order valence-corrected chi connectivity index (χ4v) is 2.77. The van der Waals surface area contributed by atoms with Crippen molar-refractivity contribution in [3.63, 3.8) is 0 Å². The summed E-state index contributed by atoms with van der Waals surface area (Å²) in [7, 11) is 0. The second-order valence-electron chi connectivity index (χ2n) is 5.37. The Morgan fingerprint density at radius 1 is 1.37 bits per heavy atom. The maximum Gasteiger partial charge on any atom is 0.115 e. The summed E-state index contributed by atoms with van der Waals surface area (Å²) in [5, 5.41) is 3.54. The van der Waals surface area contributed by atoms with Gasteiger partial charge in [-0.05, 0) is 43.9 Å². The average Bonchev–Trinajstić information content (AvgIpc) is 2.48. The van der Waals surface area contributed by atoms with E-state index in [1.54, 1.807) is 6.33 Å². The van der Waals surface area contributed by atoms with Gasteiger partial charge < -0.3 is 5.32 Å². The number of nitrogens with zero attached hydrogens (tertiary/aromatic N) is 2. The summed E-state index contributed by atoms with van der Waals surface area (Å²) in [6.07, 6.45) is 13.7. The Labute approximate surface area is 116 Å². The maximum absolute atomic E-state index is 4.33. The quantitative estimate of drug-likeness (QED) is 0.795. The van der Waals surface area contributed by atoms with Crippen LogP contribution in [-0.4, -0.2) is 23.1 Å². The van der Waals surface area contributed by atoms with Crippen molar-refractivity contribution in [2.75, 3.05) is 13.1 Å². The molecule has 0 saturated heterocycles. The first-order chi connectivity index (χ1) is 9.40. The van der Waals surface area contributed by atoms with Crippen LogP contribution in [0.3, 0.4) is 0 Å². The summed E-state index contributed by atoms with van der Waals surface area (Å²) in [5.74, 6) is 0.744. The molecule has 0 aliphatic heterocycles. The lowest BCUT2D eigenvalue weighted by atomic mass is 9.83. The molecular weight excluding hydrogens is 234 g/mol. The van der Waals surface area contributed by atoms with E-state index in [1.807, 2.05) is 12.3 Å². The zero-order chi connectivity index (χ0) is 13.3. The highest BCUT2D eigenvalue weighted by molar-refractivity contribution is 5.49. The van der Waals surface area contributed by atoms with Gasteiger partial charge in [-0.1, -0.05) is 31.8 Å². The van der Waals surface area contributed by atoms with Gasteiger partial charge in [-0.3, -0.25) is 0 Å². The molecule has 1 saturated carbocycles. The van der Waals surface area contributed by atoms with Gasteiger partial charge in [0, 0.05) is 12.7 Å². The first-order valence-corrected chi connectivity index (χ1v) is 7.57. The monoisotopic (exact) mass is 259 g/mol. The van der Waals surface area contributed by atoms with Crippen LogP contribution >= 0.6 is 0 Å². The van der Waals surface area contributed by atoms with Crippen LogP contribution < -0.4 is 5.32 Å². The van der Waals surface area contributed by atoms with Gasteiger partial charge in [-0.15, -0.1) is 0 Å². The lowest BCUT2D eigenvalue weighted by Crippen LogP contribution is -2.23. The Morgan fingerprint density at radius 3 is 2.89 bits per heavy atom. The summed E-state index contributed by atoms with van der Waals surface area (Å²) >= 11 is 0. The third kappa shape index (κ3) is 4.75. The number of hydrogen-bond acceptors (Lipinski definition) is 3. The van der Waals surface area contributed by atoms with Gasteiger partial charge in [0.1, 0.15) is 6.33 Å². The molecule has 0 unspecified atom stereocenters. The van der Waals surface area contributed by atoms with Crippen molar-refractivity contribution >= 4 is 6.08 Å². The SMILES string of the molecule is CCCNCC(=Cc1ccncn1)C1CCCCC1. The Kier molecular flexibility index (Phi) is 6.02.